The average molecular weight is 288 g/mol. The van der Waals surface area contributed by atoms with Crippen molar-refractivity contribution in [3.8, 4) is 0 Å². The van der Waals surface area contributed by atoms with Crippen LogP contribution in [0.15, 0.2) is 24.3 Å². The third-order valence-corrected chi connectivity index (χ3v) is 5.09. The molecule has 1 aromatic rings. The van der Waals surface area contributed by atoms with Gasteiger partial charge < -0.3 is 15.5 Å². The van der Waals surface area contributed by atoms with E-state index in [1.54, 1.807) is 0 Å². The number of rotatable bonds is 3. The average Bonchev–Trinajstić information content (AvgIpc) is 2.89. The zero-order chi connectivity index (χ0) is 14.8. The van der Waals surface area contributed by atoms with E-state index in [0.717, 1.165) is 39.3 Å². The quantitative estimate of drug-likeness (QED) is 0.912. The van der Waals surface area contributed by atoms with Crippen molar-refractivity contribution in [1.82, 2.24) is 9.80 Å². The zero-order valence-electron chi connectivity index (χ0n) is 13.3. The van der Waals surface area contributed by atoms with Gasteiger partial charge >= 0.3 is 0 Å². The number of benzene rings is 1. The summed E-state index contributed by atoms with van der Waals surface area (Å²) in [6.45, 7) is 6.50. The molecule has 3 rings (SSSR count). The fraction of sp³-hybridized carbons (Fsp3) is 0.647. The molecule has 0 spiro atoms. The molecule has 4 nitrogen and oxygen atoms in total. The molecule has 4 heteroatoms. The van der Waals surface area contributed by atoms with Crippen molar-refractivity contribution < 1.29 is 0 Å². The second kappa shape index (κ2) is 6.34. The van der Waals surface area contributed by atoms with E-state index in [1.165, 1.54) is 17.7 Å². The van der Waals surface area contributed by atoms with E-state index in [4.69, 9.17) is 5.73 Å². The molecule has 0 amide bonds. The van der Waals surface area contributed by atoms with Gasteiger partial charge in [-0.25, -0.2) is 0 Å². The van der Waals surface area contributed by atoms with Gasteiger partial charge in [-0.2, -0.15) is 0 Å². The van der Waals surface area contributed by atoms with Crippen molar-refractivity contribution in [2.45, 2.75) is 12.5 Å². The Kier molecular flexibility index (Phi) is 4.48. The summed E-state index contributed by atoms with van der Waals surface area (Å²) < 4.78 is 0. The molecule has 2 heterocycles. The number of anilines is 1. The summed E-state index contributed by atoms with van der Waals surface area (Å²) >= 11 is 0. The standard InChI is InChI=1S/C17H28N4/c1-19-6-8-21(9-7-19)16-5-3-4-15(11-16)17-10-14(12-18)13-20(17)2/h3-5,11,14,17H,6-10,12-13,18H2,1-2H3. The Morgan fingerprint density at radius 3 is 2.57 bits per heavy atom. The lowest BCUT2D eigenvalue weighted by atomic mass is 9.99. The summed E-state index contributed by atoms with van der Waals surface area (Å²) in [7, 11) is 4.43. The normalized spacial score (nSPS) is 28.2. The summed E-state index contributed by atoms with van der Waals surface area (Å²) in [5.74, 6) is 0.646. The Morgan fingerprint density at radius 2 is 1.90 bits per heavy atom. The second-order valence-corrected chi connectivity index (χ2v) is 6.68. The summed E-state index contributed by atoms with van der Waals surface area (Å²) in [5, 5.41) is 0. The van der Waals surface area contributed by atoms with Gasteiger partial charge in [0.15, 0.2) is 0 Å². The number of hydrogen-bond donors (Lipinski definition) is 1. The molecule has 2 aliphatic heterocycles. The van der Waals surface area contributed by atoms with Crippen LogP contribution in [0, 0.1) is 5.92 Å². The summed E-state index contributed by atoms with van der Waals surface area (Å²) in [6, 6.07) is 9.67. The van der Waals surface area contributed by atoms with E-state index in [-0.39, 0.29) is 0 Å². The van der Waals surface area contributed by atoms with Gasteiger partial charge in [-0.1, -0.05) is 12.1 Å². The summed E-state index contributed by atoms with van der Waals surface area (Å²) in [4.78, 5) is 7.37. The van der Waals surface area contributed by atoms with Crippen molar-refractivity contribution >= 4 is 5.69 Å². The maximum Gasteiger partial charge on any atom is 0.0370 e. The van der Waals surface area contributed by atoms with Gasteiger partial charge in [0, 0.05) is 44.5 Å². The number of hydrogen-bond acceptors (Lipinski definition) is 4. The van der Waals surface area contributed by atoms with Gasteiger partial charge in [0.25, 0.3) is 0 Å². The first-order valence-corrected chi connectivity index (χ1v) is 8.11. The molecule has 0 radical (unpaired) electrons. The molecular weight excluding hydrogens is 260 g/mol. The third kappa shape index (κ3) is 3.23. The SMILES string of the molecule is CN1CCN(c2cccc(C3CC(CN)CN3C)c2)CC1. The molecule has 1 aromatic carbocycles. The Morgan fingerprint density at radius 1 is 1.14 bits per heavy atom. The van der Waals surface area contributed by atoms with Crippen LogP contribution in [0.5, 0.6) is 0 Å². The van der Waals surface area contributed by atoms with Crippen molar-refractivity contribution in [2.24, 2.45) is 11.7 Å². The second-order valence-electron chi connectivity index (χ2n) is 6.68. The van der Waals surface area contributed by atoms with E-state index >= 15 is 0 Å². The number of likely N-dealkylation sites (N-methyl/N-ethyl adjacent to an activating group) is 1. The monoisotopic (exact) mass is 288 g/mol. The van der Waals surface area contributed by atoms with Crippen LogP contribution in [0.1, 0.15) is 18.0 Å². The van der Waals surface area contributed by atoms with E-state index in [1.807, 2.05) is 0 Å². The van der Waals surface area contributed by atoms with Crippen LogP contribution in [-0.2, 0) is 0 Å². The van der Waals surface area contributed by atoms with E-state index in [0.29, 0.717) is 12.0 Å². The Balaban J connectivity index is 1.74. The van der Waals surface area contributed by atoms with Gasteiger partial charge in [0.05, 0.1) is 0 Å². The van der Waals surface area contributed by atoms with Crippen LogP contribution in [0.2, 0.25) is 0 Å². The Labute approximate surface area is 128 Å². The number of nitrogens with two attached hydrogens (primary N) is 1. The number of likely N-dealkylation sites (tertiary alicyclic amines) is 1. The predicted octanol–water partition coefficient (Wildman–Crippen LogP) is 1.39. The molecule has 0 aromatic heterocycles. The topological polar surface area (TPSA) is 35.7 Å². The van der Waals surface area contributed by atoms with Gasteiger partial charge in [-0.05, 0) is 50.7 Å². The largest absolute Gasteiger partial charge is 0.369 e. The van der Waals surface area contributed by atoms with E-state index < -0.39 is 0 Å². The Hall–Kier alpha value is -1.10. The van der Waals surface area contributed by atoms with Crippen molar-refractivity contribution in [3.63, 3.8) is 0 Å². The molecule has 0 bridgehead atoms. The molecule has 2 fully saturated rings. The van der Waals surface area contributed by atoms with Crippen LogP contribution >= 0.6 is 0 Å². The maximum absolute atomic E-state index is 5.86. The molecule has 21 heavy (non-hydrogen) atoms. The highest BCUT2D eigenvalue weighted by Crippen LogP contribution is 2.35. The predicted molar refractivity (Wildman–Crippen MR) is 88.7 cm³/mol. The highest BCUT2D eigenvalue weighted by Gasteiger charge is 2.30. The minimum absolute atomic E-state index is 0.533. The molecule has 0 saturated carbocycles. The Bertz CT molecular complexity index is 468. The lowest BCUT2D eigenvalue weighted by Crippen LogP contribution is -2.44. The number of piperazine rings is 1. The minimum Gasteiger partial charge on any atom is -0.369 e. The van der Waals surface area contributed by atoms with Crippen molar-refractivity contribution in [1.29, 1.82) is 0 Å². The van der Waals surface area contributed by atoms with Gasteiger partial charge in [-0.15, -0.1) is 0 Å². The highest BCUT2D eigenvalue weighted by molar-refractivity contribution is 5.49. The first-order chi connectivity index (χ1) is 10.2. The molecule has 2 unspecified atom stereocenters. The van der Waals surface area contributed by atoms with Gasteiger partial charge in [-0.3, -0.25) is 4.90 Å². The highest BCUT2D eigenvalue weighted by atomic mass is 15.2. The van der Waals surface area contributed by atoms with Crippen LogP contribution in [0.4, 0.5) is 5.69 Å². The zero-order valence-corrected chi connectivity index (χ0v) is 13.3. The molecule has 116 valence electrons. The van der Waals surface area contributed by atoms with E-state index in [9.17, 15) is 0 Å². The molecule has 2 saturated heterocycles. The maximum atomic E-state index is 5.86. The third-order valence-electron chi connectivity index (χ3n) is 5.09. The summed E-state index contributed by atoms with van der Waals surface area (Å²) in [5.41, 5.74) is 8.69. The first-order valence-electron chi connectivity index (χ1n) is 8.11. The molecule has 0 aliphatic carbocycles. The van der Waals surface area contributed by atoms with Crippen molar-refractivity contribution in [3.05, 3.63) is 29.8 Å². The van der Waals surface area contributed by atoms with Crippen molar-refractivity contribution in [2.75, 3.05) is 58.3 Å². The minimum atomic E-state index is 0.533. The summed E-state index contributed by atoms with van der Waals surface area (Å²) in [6.07, 6.45) is 1.19. The van der Waals surface area contributed by atoms with Crippen LogP contribution in [0.3, 0.4) is 0 Å². The van der Waals surface area contributed by atoms with Crippen LogP contribution in [-0.4, -0.2) is 63.2 Å². The number of nitrogens with zero attached hydrogens (tertiary/aromatic N) is 3. The first kappa shape index (κ1) is 14.8. The van der Waals surface area contributed by atoms with Gasteiger partial charge in [0.1, 0.15) is 0 Å². The van der Waals surface area contributed by atoms with Crippen LogP contribution < -0.4 is 10.6 Å². The fourth-order valence-corrected chi connectivity index (χ4v) is 3.66. The molecule has 2 N–H and O–H groups in total. The van der Waals surface area contributed by atoms with Crippen LogP contribution in [0.25, 0.3) is 0 Å². The lowest BCUT2D eigenvalue weighted by Gasteiger charge is -2.34. The van der Waals surface area contributed by atoms with E-state index in [2.05, 4.69) is 53.1 Å². The fourth-order valence-electron chi connectivity index (χ4n) is 3.66. The smallest absolute Gasteiger partial charge is 0.0370 e. The lowest BCUT2D eigenvalue weighted by molar-refractivity contribution is 0.310. The molecular formula is C17H28N4. The molecule has 2 aliphatic rings. The van der Waals surface area contributed by atoms with Gasteiger partial charge in [0.2, 0.25) is 0 Å². The molecule has 2 atom stereocenters.